The molecule has 1 aromatic heterocycles. The average Bonchev–Trinajstić information content (AvgIpc) is 2.71. The first-order valence-electron chi connectivity index (χ1n) is 5.42. The minimum atomic E-state index is -1.27. The van der Waals surface area contributed by atoms with E-state index < -0.39 is 6.09 Å². The van der Waals surface area contributed by atoms with Gasteiger partial charge in [-0.15, -0.1) is 0 Å². The number of hydrogen-bond acceptors (Lipinski definition) is 3. The number of aromatic nitrogens is 1. The SMILES string of the molecule is NC(=S)c1ccc2[nH]cc(CCNC(=O)[O-])c2c1. The number of carbonyl (C=O) groups excluding carboxylic acids is 1. The Morgan fingerprint density at radius 2 is 2.28 bits per heavy atom. The topological polar surface area (TPSA) is 94.0 Å². The number of amides is 1. The van der Waals surface area contributed by atoms with E-state index in [4.69, 9.17) is 18.0 Å². The van der Waals surface area contributed by atoms with Crippen molar-refractivity contribution in [3.8, 4) is 0 Å². The van der Waals surface area contributed by atoms with Crippen LogP contribution in [0.3, 0.4) is 0 Å². The summed E-state index contributed by atoms with van der Waals surface area (Å²) in [5.74, 6) is 0. The minimum Gasteiger partial charge on any atom is -0.530 e. The monoisotopic (exact) mass is 262 g/mol. The molecule has 0 radical (unpaired) electrons. The third-order valence-electron chi connectivity index (χ3n) is 2.72. The van der Waals surface area contributed by atoms with Crippen molar-refractivity contribution in [2.75, 3.05) is 6.54 Å². The predicted molar refractivity (Wildman–Crippen MR) is 71.3 cm³/mol. The molecule has 0 bridgehead atoms. The highest BCUT2D eigenvalue weighted by Crippen LogP contribution is 2.20. The Kier molecular flexibility index (Phi) is 3.47. The minimum absolute atomic E-state index is 0.312. The van der Waals surface area contributed by atoms with Crippen molar-refractivity contribution in [3.63, 3.8) is 0 Å². The molecule has 0 unspecified atom stereocenters. The standard InChI is InChI=1S/C12H13N3O2S/c13-11(18)7-1-2-10-9(5-7)8(6-15-10)3-4-14-12(16)17/h1-2,5-6,14-15H,3-4H2,(H2,13,18)(H,16,17)/p-1. The largest absolute Gasteiger partial charge is 0.530 e. The van der Waals surface area contributed by atoms with E-state index in [9.17, 15) is 9.90 Å². The fourth-order valence-corrected chi connectivity index (χ4v) is 1.96. The van der Waals surface area contributed by atoms with E-state index in [0.29, 0.717) is 18.0 Å². The Hall–Kier alpha value is -2.08. The summed E-state index contributed by atoms with van der Waals surface area (Å²) in [6.45, 7) is 0.312. The number of carbonyl (C=O) groups is 1. The lowest BCUT2D eigenvalue weighted by Crippen LogP contribution is -2.37. The van der Waals surface area contributed by atoms with Gasteiger partial charge in [0, 0.05) is 29.2 Å². The first kappa shape index (κ1) is 12.4. The second-order valence-corrected chi connectivity index (χ2v) is 4.34. The molecule has 0 aliphatic rings. The van der Waals surface area contributed by atoms with E-state index in [0.717, 1.165) is 22.0 Å². The van der Waals surface area contributed by atoms with Gasteiger partial charge in [-0.25, -0.2) is 0 Å². The van der Waals surface area contributed by atoms with Crippen molar-refractivity contribution in [2.24, 2.45) is 5.73 Å². The van der Waals surface area contributed by atoms with Crippen LogP contribution in [0.5, 0.6) is 0 Å². The Labute approximate surface area is 109 Å². The maximum atomic E-state index is 10.3. The average molecular weight is 262 g/mol. The van der Waals surface area contributed by atoms with Gasteiger partial charge in [0.05, 0.1) is 0 Å². The Bertz CT molecular complexity index is 606. The molecule has 94 valence electrons. The van der Waals surface area contributed by atoms with E-state index in [2.05, 4.69) is 10.3 Å². The molecule has 2 rings (SSSR count). The fourth-order valence-electron chi connectivity index (χ4n) is 1.84. The van der Waals surface area contributed by atoms with Crippen LogP contribution in [0.2, 0.25) is 0 Å². The summed E-state index contributed by atoms with van der Waals surface area (Å²) >= 11 is 4.93. The van der Waals surface area contributed by atoms with Gasteiger partial charge in [0.2, 0.25) is 0 Å². The summed E-state index contributed by atoms with van der Waals surface area (Å²) < 4.78 is 0. The van der Waals surface area contributed by atoms with E-state index in [1.54, 1.807) is 0 Å². The van der Waals surface area contributed by atoms with Crippen molar-refractivity contribution < 1.29 is 9.90 Å². The van der Waals surface area contributed by atoms with Crippen molar-refractivity contribution in [2.45, 2.75) is 6.42 Å². The van der Waals surface area contributed by atoms with Gasteiger partial charge < -0.3 is 25.9 Å². The number of hydrogen-bond donors (Lipinski definition) is 3. The summed E-state index contributed by atoms with van der Waals surface area (Å²) in [7, 11) is 0. The molecule has 0 aliphatic carbocycles. The highest BCUT2D eigenvalue weighted by molar-refractivity contribution is 7.80. The number of thiocarbonyl (C=S) groups is 1. The third kappa shape index (κ3) is 2.60. The van der Waals surface area contributed by atoms with Gasteiger partial charge in [0.1, 0.15) is 11.1 Å². The molecule has 0 aliphatic heterocycles. The summed E-state index contributed by atoms with van der Waals surface area (Å²) in [6.07, 6.45) is 1.17. The molecule has 0 saturated carbocycles. The van der Waals surface area contributed by atoms with E-state index in [1.165, 1.54) is 0 Å². The number of benzene rings is 1. The maximum absolute atomic E-state index is 10.3. The smallest absolute Gasteiger partial charge is 0.134 e. The molecule has 2 aromatic rings. The van der Waals surface area contributed by atoms with Gasteiger partial charge in [-0.05, 0) is 30.2 Å². The zero-order valence-corrected chi connectivity index (χ0v) is 10.3. The van der Waals surface area contributed by atoms with Crippen LogP contribution < -0.4 is 16.2 Å². The van der Waals surface area contributed by atoms with Gasteiger partial charge in [-0.1, -0.05) is 12.2 Å². The normalized spacial score (nSPS) is 10.4. The maximum Gasteiger partial charge on any atom is 0.134 e. The van der Waals surface area contributed by atoms with Crippen LogP contribution in [-0.4, -0.2) is 22.6 Å². The van der Waals surface area contributed by atoms with Crippen LogP contribution in [0.15, 0.2) is 24.4 Å². The number of aromatic amines is 1. The molecule has 0 fully saturated rings. The second kappa shape index (κ2) is 5.05. The Balaban J connectivity index is 2.25. The number of rotatable bonds is 4. The Morgan fingerprint density at radius 1 is 1.50 bits per heavy atom. The van der Waals surface area contributed by atoms with Gasteiger partial charge in [-0.2, -0.15) is 0 Å². The first-order chi connectivity index (χ1) is 8.58. The van der Waals surface area contributed by atoms with Gasteiger partial charge in [0.25, 0.3) is 0 Å². The van der Waals surface area contributed by atoms with Crippen LogP contribution in [0.4, 0.5) is 4.79 Å². The number of nitrogens with two attached hydrogens (primary N) is 1. The summed E-state index contributed by atoms with van der Waals surface area (Å²) in [5, 5.41) is 13.5. The summed E-state index contributed by atoms with van der Waals surface area (Å²) in [6, 6.07) is 5.66. The molecular formula is C12H12N3O2S-. The first-order valence-corrected chi connectivity index (χ1v) is 5.83. The van der Waals surface area contributed by atoms with E-state index in [-0.39, 0.29) is 0 Å². The van der Waals surface area contributed by atoms with Crippen LogP contribution in [0, 0.1) is 0 Å². The molecule has 0 saturated heterocycles. The van der Waals surface area contributed by atoms with Gasteiger partial charge in [-0.3, -0.25) is 0 Å². The van der Waals surface area contributed by atoms with Crippen molar-refractivity contribution >= 4 is 34.2 Å². The molecule has 1 amide bonds. The molecule has 0 atom stereocenters. The van der Waals surface area contributed by atoms with Crippen LogP contribution in [0.25, 0.3) is 10.9 Å². The zero-order chi connectivity index (χ0) is 13.1. The molecule has 18 heavy (non-hydrogen) atoms. The number of nitrogens with one attached hydrogen (secondary N) is 2. The highest BCUT2D eigenvalue weighted by Gasteiger charge is 2.05. The molecule has 0 spiro atoms. The van der Waals surface area contributed by atoms with Crippen LogP contribution in [0.1, 0.15) is 11.1 Å². The van der Waals surface area contributed by atoms with Crippen molar-refractivity contribution in [3.05, 3.63) is 35.5 Å². The summed E-state index contributed by atoms with van der Waals surface area (Å²) in [5.41, 5.74) is 8.37. The molecule has 1 aromatic carbocycles. The lowest BCUT2D eigenvalue weighted by atomic mass is 10.1. The molecular weight excluding hydrogens is 250 g/mol. The highest BCUT2D eigenvalue weighted by atomic mass is 32.1. The predicted octanol–water partition coefficient (Wildman–Crippen LogP) is 0.278. The third-order valence-corrected chi connectivity index (χ3v) is 2.95. The lowest BCUT2D eigenvalue weighted by Gasteiger charge is -2.05. The van der Waals surface area contributed by atoms with Gasteiger partial charge >= 0.3 is 0 Å². The van der Waals surface area contributed by atoms with E-state index >= 15 is 0 Å². The number of H-pyrrole nitrogens is 1. The van der Waals surface area contributed by atoms with Gasteiger partial charge in [0.15, 0.2) is 0 Å². The number of carboxylic acid groups (broad SMARTS) is 1. The second-order valence-electron chi connectivity index (χ2n) is 3.90. The van der Waals surface area contributed by atoms with Crippen LogP contribution in [-0.2, 0) is 6.42 Å². The molecule has 6 heteroatoms. The van der Waals surface area contributed by atoms with Crippen LogP contribution >= 0.6 is 12.2 Å². The number of fused-ring (bicyclic) bond motifs is 1. The lowest BCUT2D eigenvalue weighted by molar-refractivity contribution is -0.250. The van der Waals surface area contributed by atoms with E-state index in [1.807, 2.05) is 24.4 Å². The molecule has 1 heterocycles. The fraction of sp³-hybridized carbons (Fsp3) is 0.167. The van der Waals surface area contributed by atoms with Crippen molar-refractivity contribution in [1.29, 1.82) is 0 Å². The molecule has 5 nitrogen and oxygen atoms in total. The zero-order valence-electron chi connectivity index (χ0n) is 9.53. The summed E-state index contributed by atoms with van der Waals surface area (Å²) in [4.78, 5) is 13.7. The van der Waals surface area contributed by atoms with Crippen molar-refractivity contribution in [1.82, 2.24) is 10.3 Å². The quantitative estimate of drug-likeness (QED) is 0.690. The Morgan fingerprint density at radius 3 is 2.94 bits per heavy atom. The molecule has 4 N–H and O–H groups in total.